The van der Waals surface area contributed by atoms with Crippen molar-refractivity contribution in [2.75, 3.05) is 45.3 Å². The standard InChI is InChI=1S/C19H21N5O2/c1-22(2)19(25)15-5-3-4-14(12-15)16-13-21-17(18-20-6-7-24(16)18)23-8-10-26-11-9-23/h3-7,12-13H,8-11H2,1-2H3. The molecule has 1 fully saturated rings. The Morgan fingerprint density at radius 3 is 2.77 bits per heavy atom. The summed E-state index contributed by atoms with van der Waals surface area (Å²) in [6.45, 7) is 3.01. The lowest BCUT2D eigenvalue weighted by Gasteiger charge is -2.28. The molecule has 2 aromatic heterocycles. The first-order valence-electron chi connectivity index (χ1n) is 8.62. The number of benzene rings is 1. The van der Waals surface area contributed by atoms with Gasteiger partial charge in [-0.1, -0.05) is 12.1 Å². The van der Waals surface area contributed by atoms with Gasteiger partial charge in [-0.15, -0.1) is 0 Å². The van der Waals surface area contributed by atoms with E-state index in [0.717, 1.165) is 35.8 Å². The van der Waals surface area contributed by atoms with Gasteiger partial charge in [-0.2, -0.15) is 0 Å². The van der Waals surface area contributed by atoms with E-state index < -0.39 is 0 Å². The minimum absolute atomic E-state index is 0.0216. The smallest absolute Gasteiger partial charge is 0.253 e. The van der Waals surface area contributed by atoms with Crippen molar-refractivity contribution in [1.29, 1.82) is 0 Å². The van der Waals surface area contributed by atoms with Crippen molar-refractivity contribution < 1.29 is 9.53 Å². The number of imidazole rings is 1. The summed E-state index contributed by atoms with van der Waals surface area (Å²) in [6.07, 6.45) is 5.55. The zero-order valence-corrected chi connectivity index (χ0v) is 14.9. The van der Waals surface area contributed by atoms with Crippen LogP contribution in [0.4, 0.5) is 5.82 Å². The highest BCUT2D eigenvalue weighted by Crippen LogP contribution is 2.26. The molecule has 0 atom stereocenters. The van der Waals surface area contributed by atoms with Crippen LogP contribution in [0.15, 0.2) is 42.9 Å². The summed E-state index contributed by atoms with van der Waals surface area (Å²) in [4.78, 5) is 25.2. The lowest BCUT2D eigenvalue weighted by molar-refractivity contribution is 0.0827. The monoisotopic (exact) mass is 351 g/mol. The average Bonchev–Trinajstić information content (AvgIpc) is 3.17. The molecule has 7 nitrogen and oxygen atoms in total. The van der Waals surface area contributed by atoms with E-state index in [1.165, 1.54) is 0 Å². The predicted octanol–water partition coefficient (Wildman–Crippen LogP) is 1.93. The van der Waals surface area contributed by atoms with Crippen LogP contribution in [-0.4, -0.2) is 65.6 Å². The van der Waals surface area contributed by atoms with Crippen LogP contribution in [0.5, 0.6) is 0 Å². The third-order valence-electron chi connectivity index (χ3n) is 4.53. The Balaban J connectivity index is 1.78. The molecule has 3 heterocycles. The van der Waals surface area contributed by atoms with Gasteiger partial charge in [0.05, 0.1) is 25.1 Å². The number of carbonyl (C=O) groups excluding carboxylic acids is 1. The van der Waals surface area contributed by atoms with E-state index in [4.69, 9.17) is 4.74 Å². The highest BCUT2D eigenvalue weighted by molar-refractivity contribution is 5.95. The Kier molecular flexibility index (Phi) is 4.30. The van der Waals surface area contributed by atoms with Gasteiger partial charge < -0.3 is 14.5 Å². The van der Waals surface area contributed by atoms with Crippen molar-refractivity contribution in [2.24, 2.45) is 0 Å². The first-order chi connectivity index (χ1) is 12.6. The summed E-state index contributed by atoms with van der Waals surface area (Å²) in [7, 11) is 3.50. The molecule has 0 unspecified atom stereocenters. The Morgan fingerprint density at radius 1 is 1.19 bits per heavy atom. The van der Waals surface area contributed by atoms with Crippen LogP contribution < -0.4 is 4.90 Å². The molecule has 3 aromatic rings. The summed E-state index contributed by atoms with van der Waals surface area (Å²) in [5, 5.41) is 0. The van der Waals surface area contributed by atoms with E-state index >= 15 is 0 Å². The maximum Gasteiger partial charge on any atom is 0.253 e. The van der Waals surface area contributed by atoms with Crippen molar-refractivity contribution in [3.63, 3.8) is 0 Å². The van der Waals surface area contributed by atoms with E-state index in [1.807, 2.05) is 41.1 Å². The number of hydrogen-bond donors (Lipinski definition) is 0. The molecule has 1 aromatic carbocycles. The van der Waals surface area contributed by atoms with Gasteiger partial charge in [-0.3, -0.25) is 9.20 Å². The second kappa shape index (κ2) is 6.76. The molecule has 4 rings (SSSR count). The number of anilines is 1. The van der Waals surface area contributed by atoms with Gasteiger partial charge in [-0.25, -0.2) is 9.97 Å². The number of amides is 1. The van der Waals surface area contributed by atoms with Crippen LogP contribution in [0.25, 0.3) is 16.9 Å². The molecule has 0 saturated carbocycles. The molecule has 0 spiro atoms. The zero-order valence-electron chi connectivity index (χ0n) is 14.9. The Hall–Kier alpha value is -2.93. The number of morpholine rings is 1. The molecule has 0 radical (unpaired) electrons. The summed E-state index contributed by atoms with van der Waals surface area (Å²) >= 11 is 0. The summed E-state index contributed by atoms with van der Waals surface area (Å²) in [5.41, 5.74) is 3.30. The van der Waals surface area contributed by atoms with Gasteiger partial charge in [0.15, 0.2) is 11.5 Å². The van der Waals surface area contributed by atoms with Crippen molar-refractivity contribution in [3.8, 4) is 11.3 Å². The Morgan fingerprint density at radius 2 is 2.00 bits per heavy atom. The number of ether oxygens (including phenoxy) is 1. The van der Waals surface area contributed by atoms with Gasteiger partial charge in [0.1, 0.15) is 0 Å². The third kappa shape index (κ3) is 2.90. The molecule has 1 aliphatic heterocycles. The molecule has 0 bridgehead atoms. The van der Waals surface area contributed by atoms with Crippen LogP contribution in [0, 0.1) is 0 Å². The SMILES string of the molecule is CN(C)C(=O)c1cccc(-c2cnc(N3CCOCC3)c3nccn23)c1. The number of hydrogen-bond acceptors (Lipinski definition) is 5. The zero-order chi connectivity index (χ0) is 18.1. The maximum absolute atomic E-state index is 12.3. The normalized spacial score (nSPS) is 14.6. The number of carbonyl (C=O) groups is 1. The van der Waals surface area contributed by atoms with Crippen LogP contribution >= 0.6 is 0 Å². The first-order valence-corrected chi connectivity index (χ1v) is 8.62. The molecular formula is C19H21N5O2. The lowest BCUT2D eigenvalue weighted by atomic mass is 10.1. The largest absolute Gasteiger partial charge is 0.378 e. The van der Waals surface area contributed by atoms with Crippen LogP contribution in [0.1, 0.15) is 10.4 Å². The molecule has 1 amide bonds. The second-order valence-electron chi connectivity index (χ2n) is 6.47. The molecule has 26 heavy (non-hydrogen) atoms. The summed E-state index contributed by atoms with van der Waals surface area (Å²) in [5.74, 6) is 0.842. The topological polar surface area (TPSA) is 63.0 Å². The quantitative estimate of drug-likeness (QED) is 0.722. The fourth-order valence-corrected chi connectivity index (χ4v) is 3.19. The first kappa shape index (κ1) is 16.5. The highest BCUT2D eigenvalue weighted by Gasteiger charge is 2.18. The van der Waals surface area contributed by atoms with Gasteiger partial charge >= 0.3 is 0 Å². The average molecular weight is 351 g/mol. The van der Waals surface area contributed by atoms with Crippen LogP contribution in [0.2, 0.25) is 0 Å². The highest BCUT2D eigenvalue weighted by atomic mass is 16.5. The number of fused-ring (bicyclic) bond motifs is 1. The van der Waals surface area contributed by atoms with Gasteiger partial charge in [0.25, 0.3) is 5.91 Å². The molecule has 0 aliphatic carbocycles. The number of aromatic nitrogens is 3. The second-order valence-corrected chi connectivity index (χ2v) is 6.47. The molecular weight excluding hydrogens is 330 g/mol. The van der Waals surface area contributed by atoms with E-state index in [2.05, 4.69) is 14.9 Å². The fraction of sp³-hybridized carbons (Fsp3) is 0.316. The number of nitrogens with zero attached hydrogens (tertiary/aromatic N) is 5. The third-order valence-corrected chi connectivity index (χ3v) is 4.53. The van der Waals surface area contributed by atoms with Crippen molar-refractivity contribution in [1.82, 2.24) is 19.3 Å². The van der Waals surface area contributed by atoms with E-state index in [0.29, 0.717) is 18.8 Å². The van der Waals surface area contributed by atoms with Gasteiger partial charge in [0, 0.05) is 50.7 Å². The molecule has 1 saturated heterocycles. The van der Waals surface area contributed by atoms with Crippen molar-refractivity contribution in [3.05, 3.63) is 48.4 Å². The fourth-order valence-electron chi connectivity index (χ4n) is 3.19. The predicted molar refractivity (Wildman–Crippen MR) is 99.5 cm³/mol. The Bertz CT molecular complexity index is 944. The maximum atomic E-state index is 12.3. The van der Waals surface area contributed by atoms with Crippen molar-refractivity contribution in [2.45, 2.75) is 0 Å². The molecule has 7 heteroatoms. The van der Waals surface area contributed by atoms with Gasteiger partial charge in [0.2, 0.25) is 0 Å². The van der Waals surface area contributed by atoms with E-state index in [9.17, 15) is 4.79 Å². The minimum Gasteiger partial charge on any atom is -0.378 e. The molecule has 0 N–H and O–H groups in total. The van der Waals surface area contributed by atoms with E-state index in [-0.39, 0.29) is 5.91 Å². The summed E-state index contributed by atoms with van der Waals surface area (Å²) in [6, 6.07) is 7.60. The van der Waals surface area contributed by atoms with E-state index in [1.54, 1.807) is 25.2 Å². The molecule has 1 aliphatic rings. The molecule has 134 valence electrons. The van der Waals surface area contributed by atoms with Gasteiger partial charge in [-0.05, 0) is 12.1 Å². The minimum atomic E-state index is -0.0216. The van der Waals surface area contributed by atoms with Crippen LogP contribution in [0.3, 0.4) is 0 Å². The summed E-state index contributed by atoms with van der Waals surface area (Å²) < 4.78 is 7.45. The number of rotatable bonds is 3. The van der Waals surface area contributed by atoms with Crippen molar-refractivity contribution >= 4 is 17.4 Å². The lowest BCUT2D eigenvalue weighted by Crippen LogP contribution is -2.37. The van der Waals surface area contributed by atoms with Crippen LogP contribution in [-0.2, 0) is 4.74 Å². The Labute approximate surface area is 151 Å².